The van der Waals surface area contributed by atoms with Crippen LogP contribution in [0.4, 0.5) is 5.82 Å². The summed E-state index contributed by atoms with van der Waals surface area (Å²) in [4.78, 5) is 73.3. The van der Waals surface area contributed by atoms with Gasteiger partial charge in [0.2, 0.25) is 5.91 Å². The Bertz CT molecular complexity index is 1950. The van der Waals surface area contributed by atoms with Gasteiger partial charge >= 0.3 is 29.4 Å². The van der Waals surface area contributed by atoms with Gasteiger partial charge in [0.25, 0.3) is 0 Å². The molecule has 0 bridgehead atoms. The van der Waals surface area contributed by atoms with Crippen LogP contribution in [0, 0.1) is 0 Å². The van der Waals surface area contributed by atoms with Crippen molar-refractivity contribution >= 4 is 52.3 Å². The van der Waals surface area contributed by atoms with E-state index < -0.39 is 110 Å². The van der Waals surface area contributed by atoms with E-state index in [0.29, 0.717) is 0 Å². The number of carbonyl (C=O) groups is 2. The molecule has 56 heavy (non-hydrogen) atoms. The molecule has 2 saturated heterocycles. The summed E-state index contributed by atoms with van der Waals surface area (Å²) in [5.74, 6) is -1.97. The topological polar surface area (TPSA) is 448 Å². The standard InChI is InChI=1S/C21H30N7O17P3.C4H9NO3/c22-17-12-19(25-7-24-17)28(8-26-12)21-16(44-46(33,34)35)14(30)11(43-21)6-41-48(38,39)45-47(36,37)40-5-10-13(29)15(31)20(42-10)27-3-1-2-9(4-27)18(23)32;1-2(6)3(5)4(7)8/h1,3-4,7-8,10-11,13-16,20-21,29-31H,2,5-6H2,(H2,23,32)(H,36,37)(H,38,39)(H2,22,24,25)(H2,33,34,35);2-3,6H,5H2,1H3,(H,7,8)/t10-,11-,13?,14-,15?,16-,20?,21-;2?,3-/m10/s1. The molecule has 2 aromatic heterocycles. The van der Waals surface area contributed by atoms with E-state index in [1.807, 2.05) is 0 Å². The number of nitrogens with two attached hydrogens (primary N) is 3. The zero-order chi connectivity index (χ0) is 41.9. The number of hydrogen-bond donors (Lipinski definition) is 12. The highest BCUT2D eigenvalue weighted by Crippen LogP contribution is 2.61. The van der Waals surface area contributed by atoms with Gasteiger partial charge in [-0.3, -0.25) is 27.7 Å². The van der Waals surface area contributed by atoms with Crippen LogP contribution in [0.5, 0.6) is 0 Å². The molecule has 15 N–H and O–H groups in total. The molecule has 0 aliphatic carbocycles. The van der Waals surface area contributed by atoms with E-state index in [1.165, 1.54) is 30.3 Å². The van der Waals surface area contributed by atoms with Gasteiger partial charge in [0.15, 0.2) is 23.9 Å². The lowest BCUT2D eigenvalue weighted by Crippen LogP contribution is -2.40. The third-order valence-electron chi connectivity index (χ3n) is 7.92. The number of primary amides is 1. The summed E-state index contributed by atoms with van der Waals surface area (Å²) in [6.07, 6.45) is -7.45. The number of amides is 1. The maximum absolute atomic E-state index is 12.6. The van der Waals surface area contributed by atoms with Gasteiger partial charge in [0.1, 0.15) is 54.5 Å². The number of aliphatic hydroxyl groups is 4. The average Bonchev–Trinajstić information content (AvgIpc) is 3.75. The van der Waals surface area contributed by atoms with Crippen molar-refractivity contribution in [3.8, 4) is 0 Å². The predicted octanol–water partition coefficient (Wildman–Crippen LogP) is -3.79. The Balaban J connectivity index is 0.000000784. The average molecular weight is 865 g/mol. The van der Waals surface area contributed by atoms with E-state index in [2.05, 4.69) is 23.8 Å². The fraction of sp³-hybridized carbons (Fsp3) is 0.560. The highest BCUT2D eigenvalue weighted by molar-refractivity contribution is 7.61. The Hall–Kier alpha value is -3.34. The first-order valence-electron chi connectivity index (χ1n) is 15.7. The van der Waals surface area contributed by atoms with Gasteiger partial charge in [-0.2, -0.15) is 4.31 Å². The van der Waals surface area contributed by atoms with Gasteiger partial charge in [-0.1, -0.05) is 6.08 Å². The fourth-order valence-electron chi connectivity index (χ4n) is 5.14. The van der Waals surface area contributed by atoms with E-state index >= 15 is 0 Å². The number of nitrogens with zero attached hydrogens (tertiary/aromatic N) is 5. The minimum Gasteiger partial charge on any atom is -0.480 e. The Morgan fingerprint density at radius 1 is 0.964 bits per heavy atom. The largest absolute Gasteiger partial charge is 0.481 e. The molecule has 2 aromatic rings. The number of fused-ring (bicyclic) bond motifs is 1. The van der Waals surface area contributed by atoms with E-state index in [4.69, 9.17) is 45.9 Å². The van der Waals surface area contributed by atoms with Gasteiger partial charge in [-0.05, 0) is 13.3 Å². The second-order valence-electron chi connectivity index (χ2n) is 12.0. The van der Waals surface area contributed by atoms with Crippen molar-refractivity contribution in [1.82, 2.24) is 24.4 Å². The van der Waals surface area contributed by atoms with Crippen molar-refractivity contribution in [2.24, 2.45) is 11.5 Å². The van der Waals surface area contributed by atoms with Crippen LogP contribution in [-0.2, 0) is 50.6 Å². The summed E-state index contributed by atoms with van der Waals surface area (Å²) >= 11 is 0. The van der Waals surface area contributed by atoms with Crippen LogP contribution in [0.3, 0.4) is 0 Å². The molecule has 3 aliphatic heterocycles. The van der Waals surface area contributed by atoms with Gasteiger partial charge in [0.05, 0.1) is 25.6 Å². The molecule has 0 aromatic carbocycles. The molecular formula is C25H39N8O20P3. The fourth-order valence-corrected chi connectivity index (χ4v) is 7.78. The summed E-state index contributed by atoms with van der Waals surface area (Å²) < 4.78 is 67.2. The van der Waals surface area contributed by atoms with Crippen LogP contribution in [0.25, 0.3) is 11.2 Å². The molecular weight excluding hydrogens is 825 g/mol. The number of imidazole rings is 1. The highest BCUT2D eigenvalue weighted by atomic mass is 31.3. The van der Waals surface area contributed by atoms with Crippen LogP contribution >= 0.6 is 23.5 Å². The summed E-state index contributed by atoms with van der Waals surface area (Å²) in [7, 11) is -16.3. The number of carbonyl (C=O) groups excluding carboxylic acids is 1. The van der Waals surface area contributed by atoms with Crippen LogP contribution < -0.4 is 17.2 Å². The van der Waals surface area contributed by atoms with E-state index in [-0.39, 0.29) is 29.0 Å². The Morgan fingerprint density at radius 2 is 1.55 bits per heavy atom. The maximum Gasteiger partial charge on any atom is 0.481 e. The first kappa shape index (κ1) is 45.4. The Morgan fingerprint density at radius 3 is 2.09 bits per heavy atom. The van der Waals surface area contributed by atoms with E-state index in [9.17, 15) is 58.2 Å². The number of aliphatic carboxylic acids is 1. The van der Waals surface area contributed by atoms with E-state index in [1.54, 1.807) is 0 Å². The minimum absolute atomic E-state index is 0.00424. The number of rotatable bonds is 15. The Labute approximate surface area is 314 Å². The number of nitrogen functional groups attached to an aromatic ring is 1. The van der Waals surface area contributed by atoms with E-state index in [0.717, 1.165) is 17.2 Å². The molecule has 1 amide bonds. The Kier molecular flexibility index (Phi) is 14.6. The number of aromatic nitrogens is 4. The first-order chi connectivity index (χ1) is 25.9. The van der Waals surface area contributed by atoms with Crippen LogP contribution in [0.1, 0.15) is 19.6 Å². The second-order valence-corrected chi connectivity index (χ2v) is 16.3. The third kappa shape index (κ3) is 11.4. The van der Waals surface area contributed by atoms with Crippen LogP contribution in [-0.4, -0.2) is 150 Å². The van der Waals surface area contributed by atoms with Gasteiger partial charge in [-0.25, -0.2) is 28.6 Å². The van der Waals surface area contributed by atoms with Crippen molar-refractivity contribution in [2.75, 3.05) is 18.9 Å². The molecule has 31 heteroatoms. The lowest BCUT2D eigenvalue weighted by molar-refractivity contribution is -0.140. The number of ether oxygens (including phenoxy) is 2. The monoisotopic (exact) mass is 864 g/mol. The number of allylic oxidation sites excluding steroid dienone is 1. The SMILES string of the molecule is CC(O)[C@H](N)C(=O)O.NC(=O)C1=CN(C2O[C@H](COP(=O)(O)OP(=O)(O)OC[C@H]3O[C@@H](n4cnc5c(N)ncnc54)[C@H](OP(=O)(O)O)[C@@H]3O)C(O)C2O)C=CC1. The third-order valence-corrected chi connectivity index (χ3v) is 11.0. The van der Waals surface area contributed by atoms with Crippen LogP contribution in [0.2, 0.25) is 0 Å². The quantitative estimate of drug-likeness (QED) is 0.0764. The van der Waals surface area contributed by atoms with Gasteiger partial charge < -0.3 is 76.7 Å². The number of carboxylic acid groups (broad SMARTS) is 1. The summed E-state index contributed by atoms with van der Waals surface area (Å²) in [6.45, 7) is -0.690. The lowest BCUT2D eigenvalue weighted by atomic mass is 10.1. The number of phosphoric ester groups is 3. The minimum atomic E-state index is -5.52. The molecule has 5 heterocycles. The smallest absolute Gasteiger partial charge is 0.480 e. The van der Waals surface area contributed by atoms with Crippen molar-refractivity contribution in [1.29, 1.82) is 0 Å². The number of carboxylic acids is 1. The van der Waals surface area contributed by atoms with Gasteiger partial charge in [-0.15, -0.1) is 0 Å². The molecule has 2 fully saturated rings. The maximum atomic E-state index is 12.6. The number of phosphoric acid groups is 3. The molecule has 0 radical (unpaired) electrons. The van der Waals surface area contributed by atoms with Crippen molar-refractivity contribution < 1.29 is 95.7 Å². The molecule has 6 unspecified atom stereocenters. The zero-order valence-electron chi connectivity index (χ0n) is 28.6. The molecule has 3 aliphatic rings. The number of aliphatic hydroxyl groups excluding tert-OH is 4. The van der Waals surface area contributed by atoms with Crippen molar-refractivity contribution in [3.05, 3.63) is 36.7 Å². The highest BCUT2D eigenvalue weighted by Gasteiger charge is 2.51. The van der Waals surface area contributed by atoms with Gasteiger partial charge in [0, 0.05) is 18.0 Å². The summed E-state index contributed by atoms with van der Waals surface area (Å²) in [5.41, 5.74) is 16.2. The summed E-state index contributed by atoms with van der Waals surface area (Å²) in [5, 5.41) is 48.1. The number of hydrogen-bond acceptors (Lipinski definition) is 21. The molecule has 0 saturated carbocycles. The lowest BCUT2D eigenvalue weighted by Gasteiger charge is -2.28. The van der Waals surface area contributed by atoms with Crippen molar-refractivity contribution in [2.45, 2.75) is 74.6 Å². The number of anilines is 1. The zero-order valence-corrected chi connectivity index (χ0v) is 31.3. The molecule has 5 rings (SSSR count). The summed E-state index contributed by atoms with van der Waals surface area (Å²) in [6, 6.07) is -1.16. The molecule has 0 spiro atoms. The predicted molar refractivity (Wildman–Crippen MR) is 180 cm³/mol. The molecule has 28 nitrogen and oxygen atoms in total. The first-order valence-corrected chi connectivity index (χ1v) is 20.2. The second kappa shape index (κ2) is 18.1. The van der Waals surface area contributed by atoms with Crippen molar-refractivity contribution in [3.63, 3.8) is 0 Å². The molecule has 12 atom stereocenters. The normalized spacial score (nSPS) is 29.8. The molecule has 314 valence electrons. The van der Waals surface area contributed by atoms with Crippen LogP contribution in [0.15, 0.2) is 36.7 Å².